The molecule has 0 aliphatic rings. The normalized spacial score (nSPS) is 10.0. The first-order valence-corrected chi connectivity index (χ1v) is 7.23. The van der Waals surface area contributed by atoms with Gasteiger partial charge >= 0.3 is 14.2 Å². The van der Waals surface area contributed by atoms with Crippen molar-refractivity contribution in [2.75, 3.05) is 7.11 Å². The van der Waals surface area contributed by atoms with Gasteiger partial charge in [0.15, 0.2) is 0 Å². The number of methoxy groups -OCH3 is 1. The molecule has 0 aliphatic heterocycles. The van der Waals surface area contributed by atoms with E-state index in [0.29, 0.717) is 10.6 Å². The molecular formula is C8H7Cl3O4S. The van der Waals surface area contributed by atoms with Crippen molar-refractivity contribution in [3.05, 3.63) is 34.9 Å². The molecule has 0 atom stereocenters. The summed E-state index contributed by atoms with van der Waals surface area (Å²) in [5, 5.41) is 0.609. The van der Waals surface area contributed by atoms with Gasteiger partial charge in [0.25, 0.3) is 0 Å². The molecule has 0 spiro atoms. The molecule has 90 valence electrons. The summed E-state index contributed by atoms with van der Waals surface area (Å²) >= 11 is 5.61. The number of carbonyl (C=O) groups is 1. The van der Waals surface area contributed by atoms with E-state index in [9.17, 15) is 4.79 Å². The van der Waals surface area contributed by atoms with Crippen molar-refractivity contribution in [3.8, 4) is 0 Å². The van der Waals surface area contributed by atoms with Crippen LogP contribution >= 0.6 is 33.0 Å². The molecule has 0 amide bonds. The van der Waals surface area contributed by atoms with Crippen LogP contribution in [0.5, 0.6) is 0 Å². The Hall–Kier alpha value is -0.490. The molecular weight excluding hydrogens is 299 g/mol. The zero-order chi connectivity index (χ0) is 12.8. The summed E-state index contributed by atoms with van der Waals surface area (Å²) < 4.78 is 22.8. The predicted octanol–water partition coefficient (Wildman–Crippen LogP) is 2.84. The van der Waals surface area contributed by atoms with Gasteiger partial charge in [-0.15, -0.1) is 0 Å². The minimum Gasteiger partial charge on any atom is -0.465 e. The van der Waals surface area contributed by atoms with Gasteiger partial charge in [0, 0.05) is 26.4 Å². The smallest absolute Gasteiger partial charge is 0.337 e. The number of esters is 1. The third kappa shape index (κ3) is 8.79. The number of benzene rings is 1. The number of hydrogen-bond acceptors (Lipinski definition) is 4. The summed E-state index contributed by atoms with van der Waals surface area (Å²) in [5.74, 6) is -0.346. The Morgan fingerprint density at radius 2 is 1.56 bits per heavy atom. The van der Waals surface area contributed by atoms with Crippen LogP contribution in [0.1, 0.15) is 10.4 Å². The monoisotopic (exact) mass is 304 g/mol. The van der Waals surface area contributed by atoms with Crippen molar-refractivity contribution in [3.63, 3.8) is 0 Å². The lowest BCUT2D eigenvalue weighted by Gasteiger charge is -1.97. The molecule has 0 saturated carbocycles. The predicted molar refractivity (Wildman–Crippen MR) is 63.4 cm³/mol. The topological polar surface area (TPSA) is 60.4 Å². The summed E-state index contributed by atoms with van der Waals surface area (Å²) in [6, 6.07) is 6.53. The van der Waals surface area contributed by atoms with Crippen LogP contribution in [0.4, 0.5) is 0 Å². The van der Waals surface area contributed by atoms with E-state index in [0.717, 1.165) is 0 Å². The second kappa shape index (κ2) is 6.96. The average molecular weight is 306 g/mol. The molecule has 0 N–H and O–H groups in total. The Morgan fingerprint density at radius 3 is 1.88 bits per heavy atom. The van der Waals surface area contributed by atoms with Crippen LogP contribution in [0, 0.1) is 0 Å². The van der Waals surface area contributed by atoms with Crippen LogP contribution in [0.15, 0.2) is 24.3 Å². The molecule has 0 radical (unpaired) electrons. The number of hydrogen-bond donors (Lipinski definition) is 0. The van der Waals surface area contributed by atoms with Crippen molar-refractivity contribution in [1.29, 1.82) is 0 Å². The number of ether oxygens (including phenoxy) is 1. The molecule has 0 aromatic heterocycles. The highest BCUT2D eigenvalue weighted by molar-refractivity contribution is 8.31. The molecule has 0 fully saturated rings. The first kappa shape index (κ1) is 15.5. The van der Waals surface area contributed by atoms with Gasteiger partial charge < -0.3 is 4.74 Å². The van der Waals surface area contributed by atoms with Gasteiger partial charge in [-0.05, 0) is 24.3 Å². The molecule has 0 aliphatic carbocycles. The number of carbonyl (C=O) groups excluding carboxylic acids is 1. The lowest BCUT2D eigenvalue weighted by molar-refractivity contribution is 0.0600. The Balaban J connectivity index is 0.000000385. The maximum atomic E-state index is 10.9. The second-order valence-electron chi connectivity index (χ2n) is 2.38. The highest BCUT2D eigenvalue weighted by Gasteiger charge is 2.02. The average Bonchev–Trinajstić information content (AvgIpc) is 2.15. The van der Waals surface area contributed by atoms with Gasteiger partial charge in [0.1, 0.15) is 0 Å². The summed E-state index contributed by atoms with van der Waals surface area (Å²) in [4.78, 5) is 10.9. The van der Waals surface area contributed by atoms with Crippen molar-refractivity contribution in [1.82, 2.24) is 0 Å². The number of halogens is 3. The Morgan fingerprint density at radius 1 is 1.19 bits per heavy atom. The van der Waals surface area contributed by atoms with Crippen LogP contribution in [0.25, 0.3) is 0 Å². The van der Waals surface area contributed by atoms with E-state index in [1.807, 2.05) is 0 Å². The van der Waals surface area contributed by atoms with E-state index in [1.165, 1.54) is 7.11 Å². The summed E-state index contributed by atoms with van der Waals surface area (Å²) in [6.45, 7) is 0. The second-order valence-corrected chi connectivity index (χ2v) is 6.48. The first-order chi connectivity index (χ1) is 7.24. The zero-order valence-corrected chi connectivity index (χ0v) is 11.1. The van der Waals surface area contributed by atoms with Gasteiger partial charge in [-0.3, -0.25) is 0 Å². The van der Waals surface area contributed by atoms with Crippen LogP contribution < -0.4 is 0 Å². The molecule has 1 aromatic carbocycles. The fraction of sp³-hybridized carbons (Fsp3) is 0.125. The quantitative estimate of drug-likeness (QED) is 0.591. The van der Waals surface area contributed by atoms with Gasteiger partial charge in [0.05, 0.1) is 12.7 Å². The molecule has 0 heterocycles. The molecule has 1 rings (SSSR count). The number of rotatable bonds is 1. The summed E-state index contributed by atoms with van der Waals surface area (Å²) in [7, 11) is 6.16. The van der Waals surface area contributed by atoms with Gasteiger partial charge in [0.2, 0.25) is 0 Å². The third-order valence-electron chi connectivity index (χ3n) is 1.27. The summed E-state index contributed by atoms with van der Waals surface area (Å²) in [5.41, 5.74) is 0.511. The fourth-order valence-corrected chi connectivity index (χ4v) is 0.830. The standard InChI is InChI=1S/C8H7ClO2.Cl2O2S/c1-11-8(10)6-2-4-7(9)5-3-6;1-5(2,3)4/h2-5H,1H3;. The van der Waals surface area contributed by atoms with E-state index in [4.69, 9.17) is 20.0 Å². The van der Waals surface area contributed by atoms with Crippen LogP contribution in [-0.4, -0.2) is 21.5 Å². The van der Waals surface area contributed by atoms with Gasteiger partial charge in [-0.2, -0.15) is 8.42 Å². The van der Waals surface area contributed by atoms with E-state index >= 15 is 0 Å². The van der Waals surface area contributed by atoms with Crippen molar-refractivity contribution >= 4 is 47.2 Å². The SMILES string of the molecule is COC(=O)c1ccc(Cl)cc1.O=S(=O)(Cl)Cl. The van der Waals surface area contributed by atoms with E-state index in [-0.39, 0.29) is 5.97 Å². The maximum absolute atomic E-state index is 10.9. The molecule has 1 aromatic rings. The van der Waals surface area contributed by atoms with Crippen molar-refractivity contribution in [2.24, 2.45) is 0 Å². The van der Waals surface area contributed by atoms with E-state index in [2.05, 4.69) is 26.1 Å². The van der Waals surface area contributed by atoms with Crippen molar-refractivity contribution < 1.29 is 17.9 Å². The molecule has 0 unspecified atom stereocenters. The fourth-order valence-electron chi connectivity index (χ4n) is 0.704. The van der Waals surface area contributed by atoms with Gasteiger partial charge in [-0.1, -0.05) is 11.6 Å². The minimum atomic E-state index is -3.72. The lowest BCUT2D eigenvalue weighted by atomic mass is 10.2. The molecule has 4 nitrogen and oxygen atoms in total. The van der Waals surface area contributed by atoms with E-state index < -0.39 is 8.26 Å². The van der Waals surface area contributed by atoms with Gasteiger partial charge in [-0.25, -0.2) is 4.79 Å². The Kier molecular flexibility index (Phi) is 6.74. The minimum absolute atomic E-state index is 0.346. The van der Waals surface area contributed by atoms with Crippen LogP contribution in [0.3, 0.4) is 0 Å². The van der Waals surface area contributed by atoms with E-state index in [1.54, 1.807) is 24.3 Å². The van der Waals surface area contributed by atoms with Crippen LogP contribution in [-0.2, 0) is 13.0 Å². The van der Waals surface area contributed by atoms with Crippen molar-refractivity contribution in [2.45, 2.75) is 0 Å². The van der Waals surface area contributed by atoms with Crippen LogP contribution in [0.2, 0.25) is 5.02 Å². The Bertz CT molecular complexity index is 433. The molecule has 8 heteroatoms. The molecule has 16 heavy (non-hydrogen) atoms. The maximum Gasteiger partial charge on any atom is 0.337 e. The first-order valence-electron chi connectivity index (χ1n) is 3.72. The third-order valence-corrected chi connectivity index (χ3v) is 1.52. The lowest BCUT2D eigenvalue weighted by Crippen LogP contribution is -1.99. The molecule has 0 bridgehead atoms. The Labute approximate surface area is 107 Å². The zero-order valence-electron chi connectivity index (χ0n) is 7.98. The largest absolute Gasteiger partial charge is 0.465 e. The molecule has 0 saturated heterocycles. The highest BCUT2D eigenvalue weighted by atomic mass is 36.0. The highest BCUT2D eigenvalue weighted by Crippen LogP contribution is 2.09. The summed E-state index contributed by atoms with van der Waals surface area (Å²) in [6.07, 6.45) is 0.